The second kappa shape index (κ2) is 7.40. The highest BCUT2D eigenvalue weighted by molar-refractivity contribution is 7.89. The Kier molecular flexibility index (Phi) is 5.80. The smallest absolute Gasteiger partial charge is 0.242 e. The van der Waals surface area contributed by atoms with Crippen molar-refractivity contribution < 1.29 is 8.42 Å². The largest absolute Gasteiger partial charge is 0.369 e. The maximum Gasteiger partial charge on any atom is 0.242 e. The Morgan fingerprint density at radius 3 is 2.71 bits per heavy atom. The highest BCUT2D eigenvalue weighted by atomic mass is 35.5. The average molecular weight is 333 g/mol. The number of aromatic nitrogens is 1. The van der Waals surface area contributed by atoms with Crippen LogP contribution < -0.4 is 10.0 Å². The summed E-state index contributed by atoms with van der Waals surface area (Å²) in [7, 11) is -3.56. The normalized spacial score (nSPS) is 16.3. The number of anilines is 1. The molecule has 0 bridgehead atoms. The molecule has 1 aliphatic heterocycles. The molecular formula is C13H21ClN4O2S. The third-order valence-corrected chi connectivity index (χ3v) is 5.11. The first-order valence-corrected chi connectivity index (χ1v) is 9.00. The predicted molar refractivity (Wildman–Crippen MR) is 84.3 cm³/mol. The van der Waals surface area contributed by atoms with E-state index in [1.165, 1.54) is 25.1 Å². The van der Waals surface area contributed by atoms with Crippen LogP contribution in [0, 0.1) is 0 Å². The summed E-state index contributed by atoms with van der Waals surface area (Å²) >= 11 is 6.03. The van der Waals surface area contributed by atoms with Crippen molar-refractivity contribution in [3.8, 4) is 0 Å². The zero-order valence-electron chi connectivity index (χ0n) is 12.1. The van der Waals surface area contributed by atoms with Crippen molar-refractivity contribution in [1.82, 2.24) is 14.6 Å². The van der Waals surface area contributed by atoms with E-state index in [9.17, 15) is 8.42 Å². The van der Waals surface area contributed by atoms with Crippen LogP contribution in [0.4, 0.5) is 5.82 Å². The molecule has 21 heavy (non-hydrogen) atoms. The number of hydrogen-bond donors (Lipinski definition) is 2. The number of pyridine rings is 1. The minimum Gasteiger partial charge on any atom is -0.369 e. The lowest BCUT2D eigenvalue weighted by Crippen LogP contribution is -2.33. The van der Waals surface area contributed by atoms with Gasteiger partial charge in [0.05, 0.1) is 5.02 Å². The van der Waals surface area contributed by atoms with Gasteiger partial charge in [0.1, 0.15) is 10.7 Å². The Balaban J connectivity index is 1.96. The first-order chi connectivity index (χ1) is 10.0. The molecule has 0 saturated carbocycles. The van der Waals surface area contributed by atoms with Crippen LogP contribution in [0.2, 0.25) is 5.02 Å². The summed E-state index contributed by atoms with van der Waals surface area (Å²) in [6, 6.07) is 1.42. The van der Waals surface area contributed by atoms with Crippen LogP contribution in [0.25, 0.3) is 0 Å². The van der Waals surface area contributed by atoms with Gasteiger partial charge in [-0.1, -0.05) is 11.6 Å². The van der Waals surface area contributed by atoms with Crippen molar-refractivity contribution in [3.05, 3.63) is 17.3 Å². The van der Waals surface area contributed by atoms with E-state index in [-0.39, 0.29) is 4.90 Å². The monoisotopic (exact) mass is 332 g/mol. The number of rotatable bonds is 7. The summed E-state index contributed by atoms with van der Waals surface area (Å²) in [6.07, 6.45) is 3.71. The van der Waals surface area contributed by atoms with Crippen LogP contribution in [0.5, 0.6) is 0 Å². The van der Waals surface area contributed by atoms with Gasteiger partial charge in [0.2, 0.25) is 10.0 Å². The number of nitrogens with one attached hydrogen (secondary N) is 2. The number of sulfonamides is 1. The Bertz CT molecular complexity index is 574. The van der Waals surface area contributed by atoms with Crippen LogP contribution in [0.3, 0.4) is 0 Å². The Hall–Kier alpha value is -0.890. The topological polar surface area (TPSA) is 74.3 Å². The van der Waals surface area contributed by atoms with Crippen molar-refractivity contribution in [2.45, 2.75) is 24.7 Å². The van der Waals surface area contributed by atoms with Gasteiger partial charge in [-0.3, -0.25) is 0 Å². The number of hydrogen-bond acceptors (Lipinski definition) is 5. The molecule has 8 heteroatoms. The fourth-order valence-electron chi connectivity index (χ4n) is 2.29. The van der Waals surface area contributed by atoms with Gasteiger partial charge in [-0.2, -0.15) is 0 Å². The Labute approximate surface area is 130 Å². The van der Waals surface area contributed by atoms with Crippen molar-refractivity contribution in [3.63, 3.8) is 0 Å². The van der Waals surface area contributed by atoms with Gasteiger partial charge in [-0.25, -0.2) is 18.1 Å². The fraction of sp³-hybridized carbons (Fsp3) is 0.615. The molecular weight excluding hydrogens is 312 g/mol. The highest BCUT2D eigenvalue weighted by Crippen LogP contribution is 2.22. The lowest BCUT2D eigenvalue weighted by Gasteiger charge is -2.15. The van der Waals surface area contributed by atoms with Crippen molar-refractivity contribution in [2.75, 3.05) is 38.0 Å². The van der Waals surface area contributed by atoms with E-state index in [1.54, 1.807) is 0 Å². The third kappa shape index (κ3) is 4.54. The third-order valence-electron chi connectivity index (χ3n) is 3.39. The fourth-order valence-corrected chi connectivity index (χ4v) is 3.58. The maximum atomic E-state index is 12.2. The summed E-state index contributed by atoms with van der Waals surface area (Å²) in [4.78, 5) is 6.39. The molecule has 1 aromatic heterocycles. The first kappa shape index (κ1) is 16.5. The quantitative estimate of drug-likeness (QED) is 0.792. The first-order valence-electron chi connectivity index (χ1n) is 7.14. The van der Waals surface area contributed by atoms with Crippen LogP contribution in [-0.2, 0) is 10.0 Å². The van der Waals surface area contributed by atoms with E-state index >= 15 is 0 Å². The molecule has 1 fully saturated rings. The number of likely N-dealkylation sites (tertiary alicyclic amines) is 1. The van der Waals surface area contributed by atoms with Gasteiger partial charge in [0.15, 0.2) is 0 Å². The van der Waals surface area contributed by atoms with Crippen molar-refractivity contribution in [1.29, 1.82) is 0 Å². The molecule has 0 radical (unpaired) electrons. The van der Waals surface area contributed by atoms with Crippen LogP contribution >= 0.6 is 11.6 Å². The SMILES string of the molecule is CCNc1ncc(S(=O)(=O)NCCN2CCCC2)cc1Cl. The van der Waals surface area contributed by atoms with Gasteiger partial charge < -0.3 is 10.2 Å². The van der Waals surface area contributed by atoms with Crippen LogP contribution in [0.1, 0.15) is 19.8 Å². The zero-order valence-corrected chi connectivity index (χ0v) is 13.7. The molecule has 0 spiro atoms. The Morgan fingerprint density at radius 2 is 2.10 bits per heavy atom. The minimum atomic E-state index is -3.56. The molecule has 1 saturated heterocycles. The minimum absolute atomic E-state index is 0.0931. The number of halogens is 1. The average Bonchev–Trinajstić information content (AvgIpc) is 2.94. The maximum absolute atomic E-state index is 12.2. The molecule has 0 atom stereocenters. The van der Waals surface area contributed by atoms with Crippen LogP contribution in [0.15, 0.2) is 17.2 Å². The van der Waals surface area contributed by atoms with E-state index in [0.29, 0.717) is 23.9 Å². The molecule has 0 aromatic carbocycles. The molecule has 0 aliphatic carbocycles. The van der Waals surface area contributed by atoms with E-state index < -0.39 is 10.0 Å². The van der Waals surface area contributed by atoms with Gasteiger partial charge >= 0.3 is 0 Å². The zero-order chi connectivity index (χ0) is 15.3. The predicted octanol–water partition coefficient (Wildman–Crippen LogP) is 1.54. The van der Waals surface area contributed by atoms with Gasteiger partial charge in [0, 0.05) is 25.8 Å². The van der Waals surface area contributed by atoms with E-state index in [2.05, 4.69) is 19.9 Å². The van der Waals surface area contributed by atoms with E-state index in [4.69, 9.17) is 11.6 Å². The number of nitrogens with zero attached hydrogens (tertiary/aromatic N) is 2. The lowest BCUT2D eigenvalue weighted by atomic mass is 10.4. The standard InChI is InChI=1S/C13H21ClN4O2S/c1-2-15-13-12(14)9-11(10-16-13)21(19,20)17-5-8-18-6-3-4-7-18/h9-10,17H,2-8H2,1H3,(H,15,16). The van der Waals surface area contributed by atoms with Gasteiger partial charge in [0.25, 0.3) is 0 Å². The van der Waals surface area contributed by atoms with E-state index in [1.807, 2.05) is 6.92 Å². The summed E-state index contributed by atoms with van der Waals surface area (Å²) in [5, 5.41) is 3.27. The molecule has 2 N–H and O–H groups in total. The lowest BCUT2D eigenvalue weighted by molar-refractivity contribution is 0.344. The summed E-state index contributed by atoms with van der Waals surface area (Å²) in [5.74, 6) is 0.496. The summed E-state index contributed by atoms with van der Waals surface area (Å²) in [6.45, 7) is 5.82. The van der Waals surface area contributed by atoms with Crippen LogP contribution in [-0.4, -0.2) is 51.0 Å². The van der Waals surface area contributed by atoms with Crippen molar-refractivity contribution >= 4 is 27.4 Å². The second-order valence-corrected chi connectivity index (χ2v) is 7.15. The van der Waals surface area contributed by atoms with E-state index in [0.717, 1.165) is 19.6 Å². The van der Waals surface area contributed by atoms with Crippen molar-refractivity contribution in [2.24, 2.45) is 0 Å². The van der Waals surface area contributed by atoms with Gasteiger partial charge in [-0.05, 0) is 38.9 Å². The molecule has 0 unspecified atom stereocenters. The molecule has 1 aromatic rings. The van der Waals surface area contributed by atoms with Gasteiger partial charge in [-0.15, -0.1) is 0 Å². The Morgan fingerprint density at radius 1 is 1.38 bits per heavy atom. The molecule has 1 aliphatic rings. The molecule has 2 heterocycles. The molecule has 6 nitrogen and oxygen atoms in total. The summed E-state index contributed by atoms with van der Waals surface area (Å²) < 4.78 is 26.9. The molecule has 2 rings (SSSR count). The second-order valence-electron chi connectivity index (χ2n) is 4.98. The molecule has 118 valence electrons. The summed E-state index contributed by atoms with van der Waals surface area (Å²) in [5.41, 5.74) is 0. The molecule has 0 amide bonds. The highest BCUT2D eigenvalue weighted by Gasteiger charge is 2.17.